The third-order valence-corrected chi connectivity index (χ3v) is 2.99. The van der Waals surface area contributed by atoms with Crippen molar-refractivity contribution in [2.45, 2.75) is 13.0 Å². The summed E-state index contributed by atoms with van der Waals surface area (Å²) in [6.07, 6.45) is 0.970. The van der Waals surface area contributed by atoms with Gasteiger partial charge in [0, 0.05) is 5.56 Å². The van der Waals surface area contributed by atoms with Gasteiger partial charge < -0.3 is 15.5 Å². The average Bonchev–Trinajstić information content (AvgIpc) is 2.84. The summed E-state index contributed by atoms with van der Waals surface area (Å²) in [5.74, 6) is 1.71. The SMILES string of the molecule is NCCCNCc1ccc(-c2ccccc2Cl)o1. The number of rotatable bonds is 6. The normalized spacial score (nSPS) is 10.8. The van der Waals surface area contributed by atoms with Gasteiger partial charge in [0.05, 0.1) is 11.6 Å². The quantitative estimate of drug-likeness (QED) is 0.789. The fraction of sp³-hybridized carbons (Fsp3) is 0.286. The molecule has 0 bridgehead atoms. The molecule has 0 spiro atoms. The Hall–Kier alpha value is -1.29. The highest BCUT2D eigenvalue weighted by Gasteiger charge is 2.07. The van der Waals surface area contributed by atoms with Gasteiger partial charge in [0.2, 0.25) is 0 Å². The van der Waals surface area contributed by atoms with Gasteiger partial charge in [-0.3, -0.25) is 0 Å². The maximum Gasteiger partial charge on any atom is 0.135 e. The monoisotopic (exact) mass is 264 g/mol. The third-order valence-electron chi connectivity index (χ3n) is 2.66. The Morgan fingerprint density at radius 1 is 1.17 bits per heavy atom. The van der Waals surface area contributed by atoms with E-state index in [9.17, 15) is 0 Å². The Bertz CT molecular complexity index is 496. The Balaban J connectivity index is 2.00. The fourth-order valence-electron chi connectivity index (χ4n) is 1.72. The molecule has 0 unspecified atom stereocenters. The number of hydrogen-bond acceptors (Lipinski definition) is 3. The maximum absolute atomic E-state index is 6.12. The van der Waals surface area contributed by atoms with Crippen LogP contribution in [0.15, 0.2) is 40.8 Å². The van der Waals surface area contributed by atoms with Crippen LogP contribution in [0.3, 0.4) is 0 Å². The van der Waals surface area contributed by atoms with E-state index in [1.165, 1.54) is 0 Å². The minimum absolute atomic E-state index is 0.703. The minimum atomic E-state index is 0.703. The lowest BCUT2D eigenvalue weighted by atomic mass is 10.2. The molecule has 18 heavy (non-hydrogen) atoms. The summed E-state index contributed by atoms with van der Waals surface area (Å²) >= 11 is 6.12. The summed E-state index contributed by atoms with van der Waals surface area (Å²) in [4.78, 5) is 0. The Morgan fingerprint density at radius 3 is 2.78 bits per heavy atom. The Labute approximate surface area is 112 Å². The van der Waals surface area contributed by atoms with Crippen molar-refractivity contribution in [3.63, 3.8) is 0 Å². The van der Waals surface area contributed by atoms with Gasteiger partial charge in [-0.15, -0.1) is 0 Å². The molecule has 4 heteroatoms. The van der Waals surface area contributed by atoms with Crippen molar-refractivity contribution in [2.75, 3.05) is 13.1 Å². The van der Waals surface area contributed by atoms with Crippen LogP contribution in [0.5, 0.6) is 0 Å². The second-order valence-corrected chi connectivity index (χ2v) is 4.47. The fourth-order valence-corrected chi connectivity index (χ4v) is 1.95. The number of hydrogen-bond donors (Lipinski definition) is 2. The predicted molar refractivity (Wildman–Crippen MR) is 74.5 cm³/mol. The van der Waals surface area contributed by atoms with Crippen LogP contribution in [-0.2, 0) is 6.54 Å². The highest BCUT2D eigenvalue weighted by Crippen LogP contribution is 2.28. The first-order valence-corrected chi connectivity index (χ1v) is 6.43. The molecule has 0 atom stereocenters. The van der Waals surface area contributed by atoms with E-state index in [0.29, 0.717) is 18.1 Å². The molecule has 0 radical (unpaired) electrons. The topological polar surface area (TPSA) is 51.2 Å². The molecule has 96 valence electrons. The van der Waals surface area contributed by atoms with Gasteiger partial charge in [-0.25, -0.2) is 0 Å². The van der Waals surface area contributed by atoms with Crippen LogP contribution in [0.1, 0.15) is 12.2 Å². The lowest BCUT2D eigenvalue weighted by Crippen LogP contribution is -2.17. The number of halogens is 1. The van der Waals surface area contributed by atoms with Crippen molar-refractivity contribution in [1.29, 1.82) is 0 Å². The Kier molecular flexibility index (Phi) is 4.81. The molecule has 0 aliphatic heterocycles. The summed E-state index contributed by atoms with van der Waals surface area (Å²) in [5.41, 5.74) is 6.35. The number of nitrogens with one attached hydrogen (secondary N) is 1. The van der Waals surface area contributed by atoms with Gasteiger partial charge in [0.25, 0.3) is 0 Å². The first kappa shape index (κ1) is 13.1. The van der Waals surface area contributed by atoms with Crippen LogP contribution in [0.2, 0.25) is 5.02 Å². The largest absolute Gasteiger partial charge is 0.460 e. The van der Waals surface area contributed by atoms with E-state index >= 15 is 0 Å². The molecule has 1 aromatic carbocycles. The van der Waals surface area contributed by atoms with E-state index < -0.39 is 0 Å². The van der Waals surface area contributed by atoms with Gasteiger partial charge in [0.15, 0.2) is 0 Å². The minimum Gasteiger partial charge on any atom is -0.460 e. The highest BCUT2D eigenvalue weighted by atomic mass is 35.5. The van der Waals surface area contributed by atoms with Gasteiger partial charge >= 0.3 is 0 Å². The predicted octanol–water partition coefficient (Wildman–Crippen LogP) is 3.04. The van der Waals surface area contributed by atoms with E-state index in [1.807, 2.05) is 36.4 Å². The molecule has 0 aliphatic carbocycles. The van der Waals surface area contributed by atoms with E-state index in [1.54, 1.807) is 0 Å². The van der Waals surface area contributed by atoms with Crippen molar-refractivity contribution < 1.29 is 4.42 Å². The molecule has 3 nitrogen and oxygen atoms in total. The zero-order valence-corrected chi connectivity index (χ0v) is 10.9. The molecule has 3 N–H and O–H groups in total. The molecule has 0 aliphatic rings. The number of furan rings is 1. The van der Waals surface area contributed by atoms with Gasteiger partial charge in [-0.1, -0.05) is 23.7 Å². The van der Waals surface area contributed by atoms with Crippen LogP contribution in [0, 0.1) is 0 Å². The van der Waals surface area contributed by atoms with Crippen molar-refractivity contribution in [3.8, 4) is 11.3 Å². The smallest absolute Gasteiger partial charge is 0.135 e. The molecule has 0 fully saturated rings. The molecule has 2 aromatic rings. The van der Waals surface area contributed by atoms with E-state index in [4.69, 9.17) is 21.8 Å². The summed E-state index contributed by atoms with van der Waals surface area (Å²) in [6.45, 7) is 2.32. The molecule has 1 heterocycles. The summed E-state index contributed by atoms with van der Waals surface area (Å²) < 4.78 is 5.75. The molecule has 0 amide bonds. The van der Waals surface area contributed by atoms with Crippen LogP contribution >= 0.6 is 11.6 Å². The molecule has 2 rings (SSSR count). The van der Waals surface area contributed by atoms with Crippen molar-refractivity contribution in [1.82, 2.24) is 5.32 Å². The van der Waals surface area contributed by atoms with Gasteiger partial charge in [-0.2, -0.15) is 0 Å². The Morgan fingerprint density at radius 2 is 2.00 bits per heavy atom. The van der Waals surface area contributed by atoms with Crippen LogP contribution in [0.25, 0.3) is 11.3 Å². The second kappa shape index (κ2) is 6.59. The highest BCUT2D eigenvalue weighted by molar-refractivity contribution is 6.33. The van der Waals surface area contributed by atoms with E-state index in [2.05, 4.69) is 5.32 Å². The van der Waals surface area contributed by atoms with Crippen molar-refractivity contribution in [2.24, 2.45) is 5.73 Å². The number of nitrogens with two attached hydrogens (primary N) is 1. The molecule has 1 aromatic heterocycles. The molecular formula is C14H17ClN2O. The summed E-state index contributed by atoms with van der Waals surface area (Å²) in [5, 5.41) is 3.98. The molecule has 0 saturated carbocycles. The van der Waals surface area contributed by atoms with E-state index in [0.717, 1.165) is 30.0 Å². The van der Waals surface area contributed by atoms with Crippen LogP contribution < -0.4 is 11.1 Å². The van der Waals surface area contributed by atoms with Crippen molar-refractivity contribution >= 4 is 11.6 Å². The number of benzene rings is 1. The standard InChI is InChI=1S/C14H17ClN2O/c15-13-5-2-1-4-12(13)14-7-6-11(18-14)10-17-9-3-8-16/h1-2,4-7,17H,3,8-10,16H2. The molecule has 0 saturated heterocycles. The van der Waals surface area contributed by atoms with Gasteiger partial charge in [-0.05, 0) is 43.8 Å². The van der Waals surface area contributed by atoms with Crippen molar-refractivity contribution in [3.05, 3.63) is 47.2 Å². The zero-order chi connectivity index (χ0) is 12.8. The zero-order valence-electron chi connectivity index (χ0n) is 10.2. The average molecular weight is 265 g/mol. The molecular weight excluding hydrogens is 248 g/mol. The second-order valence-electron chi connectivity index (χ2n) is 4.06. The summed E-state index contributed by atoms with van der Waals surface area (Å²) in [7, 11) is 0. The third kappa shape index (κ3) is 3.35. The maximum atomic E-state index is 6.12. The first-order chi connectivity index (χ1) is 8.81. The van der Waals surface area contributed by atoms with Gasteiger partial charge in [0.1, 0.15) is 11.5 Å². The van der Waals surface area contributed by atoms with Crippen LogP contribution in [-0.4, -0.2) is 13.1 Å². The lowest BCUT2D eigenvalue weighted by Gasteiger charge is -2.02. The van der Waals surface area contributed by atoms with Crippen LogP contribution in [0.4, 0.5) is 0 Å². The lowest BCUT2D eigenvalue weighted by molar-refractivity contribution is 0.492. The van der Waals surface area contributed by atoms with E-state index in [-0.39, 0.29) is 0 Å². The first-order valence-electron chi connectivity index (χ1n) is 6.05. The summed E-state index contributed by atoms with van der Waals surface area (Å²) in [6, 6.07) is 11.6.